The van der Waals surface area contributed by atoms with E-state index in [9.17, 15) is 4.79 Å². The van der Waals surface area contributed by atoms with Crippen molar-refractivity contribution in [2.45, 2.75) is 33.2 Å². The van der Waals surface area contributed by atoms with E-state index in [1.807, 2.05) is 31.3 Å². The Labute approximate surface area is 110 Å². The van der Waals surface area contributed by atoms with Crippen LogP contribution in [0.1, 0.15) is 26.3 Å². The van der Waals surface area contributed by atoms with Crippen LogP contribution in [0.15, 0.2) is 24.3 Å². The van der Waals surface area contributed by atoms with E-state index in [0.717, 1.165) is 18.7 Å². The zero-order valence-corrected chi connectivity index (χ0v) is 11.8. The van der Waals surface area contributed by atoms with Crippen LogP contribution in [0.4, 0.5) is 5.69 Å². The number of nitrogen functional groups attached to an aromatic ring is 1. The lowest BCUT2D eigenvalue weighted by Gasteiger charge is -2.29. The minimum atomic E-state index is 0.0128. The molecule has 2 N–H and O–H groups in total. The molecule has 3 heteroatoms. The Hall–Kier alpha value is -1.35. The molecule has 0 radical (unpaired) electrons. The minimum Gasteiger partial charge on any atom is -0.399 e. The van der Waals surface area contributed by atoms with Gasteiger partial charge < -0.3 is 5.73 Å². The predicted octanol–water partition coefficient (Wildman–Crippen LogP) is 2.36. The van der Waals surface area contributed by atoms with Gasteiger partial charge in [0.05, 0.1) is 6.04 Å². The lowest BCUT2D eigenvalue weighted by Crippen LogP contribution is -2.42. The number of hydrogen-bond acceptors (Lipinski definition) is 3. The van der Waals surface area contributed by atoms with E-state index < -0.39 is 0 Å². The summed E-state index contributed by atoms with van der Waals surface area (Å²) in [6.45, 7) is 6.73. The normalized spacial score (nSPS) is 13.0. The number of hydrogen-bond donors (Lipinski definition) is 1. The smallest absolute Gasteiger partial charge is 0.147 e. The molecule has 1 aromatic rings. The summed E-state index contributed by atoms with van der Waals surface area (Å²) in [7, 11) is 2.02. The Morgan fingerprint density at radius 3 is 2.28 bits per heavy atom. The van der Waals surface area contributed by atoms with Crippen LogP contribution in [0.3, 0.4) is 0 Å². The summed E-state index contributed by atoms with van der Waals surface area (Å²) in [5.41, 5.74) is 7.70. The fourth-order valence-corrected chi connectivity index (χ4v) is 2.42. The van der Waals surface area contributed by atoms with Gasteiger partial charge >= 0.3 is 0 Å². The highest BCUT2D eigenvalue weighted by Crippen LogP contribution is 2.12. The molecule has 0 bridgehead atoms. The molecule has 0 aliphatic rings. The average Bonchev–Trinajstić information content (AvgIpc) is 2.27. The van der Waals surface area contributed by atoms with Crippen LogP contribution in [-0.4, -0.2) is 30.3 Å². The average molecular weight is 248 g/mol. The molecule has 0 aliphatic carbocycles. The second-order valence-corrected chi connectivity index (χ2v) is 5.27. The number of ketones is 1. The van der Waals surface area contributed by atoms with E-state index in [1.54, 1.807) is 6.92 Å². The predicted molar refractivity (Wildman–Crippen MR) is 76.5 cm³/mol. The van der Waals surface area contributed by atoms with Crippen molar-refractivity contribution in [3.8, 4) is 0 Å². The lowest BCUT2D eigenvalue weighted by molar-refractivity contribution is -0.123. The van der Waals surface area contributed by atoms with Crippen molar-refractivity contribution in [2.24, 2.45) is 5.92 Å². The van der Waals surface area contributed by atoms with Crippen molar-refractivity contribution in [1.29, 1.82) is 0 Å². The Bertz CT molecular complexity index is 384. The van der Waals surface area contributed by atoms with Gasteiger partial charge in [0.25, 0.3) is 0 Å². The van der Waals surface area contributed by atoms with Crippen LogP contribution in [0.25, 0.3) is 0 Å². The number of nitrogens with zero attached hydrogens (tertiary/aromatic N) is 1. The number of likely N-dealkylation sites (N-methyl/N-ethyl adjacent to an activating group) is 1. The van der Waals surface area contributed by atoms with E-state index in [2.05, 4.69) is 18.7 Å². The first-order valence-corrected chi connectivity index (χ1v) is 6.47. The van der Waals surface area contributed by atoms with Gasteiger partial charge in [-0.25, -0.2) is 0 Å². The summed E-state index contributed by atoms with van der Waals surface area (Å²) in [5.74, 6) is 0.587. The molecular weight excluding hydrogens is 224 g/mol. The van der Waals surface area contributed by atoms with Gasteiger partial charge in [-0.1, -0.05) is 26.0 Å². The zero-order valence-electron chi connectivity index (χ0n) is 11.8. The Kier molecular flexibility index (Phi) is 5.35. The quantitative estimate of drug-likeness (QED) is 0.786. The monoisotopic (exact) mass is 248 g/mol. The van der Waals surface area contributed by atoms with Crippen molar-refractivity contribution in [3.05, 3.63) is 29.8 Å². The first-order valence-electron chi connectivity index (χ1n) is 6.47. The lowest BCUT2D eigenvalue weighted by atomic mass is 9.99. The first-order chi connectivity index (χ1) is 8.41. The number of carbonyl (C=O) groups excluding carboxylic acids is 1. The topological polar surface area (TPSA) is 46.3 Å². The van der Waals surface area contributed by atoms with Crippen molar-refractivity contribution < 1.29 is 4.79 Å². The molecule has 0 heterocycles. The van der Waals surface area contributed by atoms with Gasteiger partial charge in [-0.3, -0.25) is 9.69 Å². The second kappa shape index (κ2) is 6.55. The highest BCUT2D eigenvalue weighted by atomic mass is 16.1. The molecule has 0 spiro atoms. The van der Waals surface area contributed by atoms with Crippen LogP contribution >= 0.6 is 0 Å². The molecular formula is C15H24N2O. The third-order valence-corrected chi connectivity index (χ3v) is 3.26. The van der Waals surface area contributed by atoms with Gasteiger partial charge in [-0.2, -0.15) is 0 Å². The van der Waals surface area contributed by atoms with Gasteiger partial charge in [-0.15, -0.1) is 0 Å². The largest absolute Gasteiger partial charge is 0.399 e. The molecule has 100 valence electrons. The Morgan fingerprint density at radius 1 is 1.28 bits per heavy atom. The summed E-state index contributed by atoms with van der Waals surface area (Å²) in [6, 6.07) is 7.93. The van der Waals surface area contributed by atoms with Gasteiger partial charge in [0, 0.05) is 12.2 Å². The molecule has 1 atom stereocenters. The molecule has 0 saturated heterocycles. The first kappa shape index (κ1) is 14.7. The van der Waals surface area contributed by atoms with Crippen LogP contribution in [0.2, 0.25) is 0 Å². The summed E-state index contributed by atoms with van der Waals surface area (Å²) in [6.07, 6.45) is 0.938. The Morgan fingerprint density at radius 2 is 1.83 bits per heavy atom. The maximum Gasteiger partial charge on any atom is 0.147 e. The van der Waals surface area contributed by atoms with Gasteiger partial charge in [-0.05, 0) is 44.0 Å². The van der Waals surface area contributed by atoms with Crippen LogP contribution < -0.4 is 5.73 Å². The summed E-state index contributed by atoms with van der Waals surface area (Å²) < 4.78 is 0. The third kappa shape index (κ3) is 4.15. The fraction of sp³-hybridized carbons (Fsp3) is 0.533. The molecule has 0 fully saturated rings. The van der Waals surface area contributed by atoms with Crippen LogP contribution in [-0.2, 0) is 11.2 Å². The maximum absolute atomic E-state index is 11.6. The summed E-state index contributed by atoms with van der Waals surface area (Å²) >= 11 is 0. The fourth-order valence-electron chi connectivity index (χ4n) is 2.42. The molecule has 0 aromatic heterocycles. The SMILES string of the molecule is CC(=O)C(C(C)C)N(C)CCc1ccc(N)cc1. The second-order valence-electron chi connectivity index (χ2n) is 5.27. The molecule has 0 saturated carbocycles. The number of Topliss-reactive ketones (excluding diaryl/α,β-unsaturated/α-hetero) is 1. The van der Waals surface area contributed by atoms with Crippen molar-refractivity contribution >= 4 is 11.5 Å². The minimum absolute atomic E-state index is 0.0128. The molecule has 3 nitrogen and oxygen atoms in total. The molecule has 0 amide bonds. The maximum atomic E-state index is 11.6. The standard InChI is InChI=1S/C15H24N2O/c1-11(2)15(12(3)18)17(4)10-9-13-5-7-14(16)8-6-13/h5-8,11,15H,9-10,16H2,1-4H3. The number of carbonyl (C=O) groups is 1. The molecule has 18 heavy (non-hydrogen) atoms. The highest BCUT2D eigenvalue weighted by Gasteiger charge is 2.22. The molecule has 1 unspecified atom stereocenters. The number of rotatable bonds is 6. The van der Waals surface area contributed by atoms with Gasteiger partial charge in [0.2, 0.25) is 0 Å². The van der Waals surface area contributed by atoms with E-state index in [0.29, 0.717) is 5.92 Å². The van der Waals surface area contributed by atoms with Crippen LogP contribution in [0.5, 0.6) is 0 Å². The molecule has 0 aliphatic heterocycles. The van der Waals surface area contributed by atoms with Crippen molar-refractivity contribution in [2.75, 3.05) is 19.3 Å². The number of anilines is 1. The van der Waals surface area contributed by atoms with Gasteiger partial charge in [0.1, 0.15) is 5.78 Å². The Balaban J connectivity index is 2.56. The van der Waals surface area contributed by atoms with E-state index in [-0.39, 0.29) is 11.8 Å². The third-order valence-electron chi connectivity index (χ3n) is 3.26. The van der Waals surface area contributed by atoms with E-state index in [1.165, 1.54) is 5.56 Å². The van der Waals surface area contributed by atoms with Crippen LogP contribution in [0, 0.1) is 5.92 Å². The number of benzene rings is 1. The van der Waals surface area contributed by atoms with Crippen molar-refractivity contribution in [1.82, 2.24) is 4.90 Å². The summed E-state index contributed by atoms with van der Waals surface area (Å²) in [5, 5.41) is 0. The molecule has 1 aromatic carbocycles. The van der Waals surface area contributed by atoms with E-state index >= 15 is 0 Å². The molecule has 1 rings (SSSR count). The number of nitrogens with two attached hydrogens (primary N) is 1. The van der Waals surface area contributed by atoms with Gasteiger partial charge in [0.15, 0.2) is 0 Å². The highest BCUT2D eigenvalue weighted by molar-refractivity contribution is 5.81. The summed E-state index contributed by atoms with van der Waals surface area (Å²) in [4.78, 5) is 13.8. The van der Waals surface area contributed by atoms with Crippen molar-refractivity contribution in [3.63, 3.8) is 0 Å². The zero-order chi connectivity index (χ0) is 13.7. The van der Waals surface area contributed by atoms with E-state index in [4.69, 9.17) is 5.73 Å².